The van der Waals surface area contributed by atoms with Gasteiger partial charge in [0.2, 0.25) is 5.88 Å². The van der Waals surface area contributed by atoms with Crippen molar-refractivity contribution in [2.24, 2.45) is 0 Å². The minimum Gasteiger partial charge on any atom is -0.475 e. The number of amides is 2. The van der Waals surface area contributed by atoms with Crippen molar-refractivity contribution in [3.05, 3.63) is 18.3 Å². The summed E-state index contributed by atoms with van der Waals surface area (Å²) < 4.78 is 44.5. The van der Waals surface area contributed by atoms with Gasteiger partial charge < -0.3 is 15.0 Å². The smallest absolute Gasteiger partial charge is 0.321 e. The van der Waals surface area contributed by atoms with Gasteiger partial charge in [-0.2, -0.15) is 17.4 Å². The fraction of sp³-hybridized carbons (Fsp3) is 0.600. The largest absolute Gasteiger partial charge is 0.475 e. The van der Waals surface area contributed by atoms with E-state index in [1.807, 2.05) is 0 Å². The number of anilines is 1. The maximum Gasteiger partial charge on any atom is 0.321 e. The van der Waals surface area contributed by atoms with Crippen LogP contribution in [0.3, 0.4) is 0 Å². The molecule has 9 nitrogen and oxygen atoms in total. The van der Waals surface area contributed by atoms with Crippen LogP contribution in [0.25, 0.3) is 0 Å². The van der Waals surface area contributed by atoms with Crippen LogP contribution in [0.1, 0.15) is 12.8 Å². The van der Waals surface area contributed by atoms with Crippen LogP contribution in [0.5, 0.6) is 5.88 Å². The Hall–Kier alpha value is -1.98. The molecule has 1 aromatic heterocycles. The minimum absolute atomic E-state index is 0.0643. The SMILES string of the molecule is CN(C)S(=O)(=O)NC1CCN(C(=O)Nc2ccc(OCCF)nc2)CC1. The van der Waals surface area contributed by atoms with Crippen LogP contribution in [0.2, 0.25) is 0 Å². The molecule has 2 amide bonds. The fourth-order valence-corrected chi connectivity index (χ4v) is 3.27. The maximum absolute atomic E-state index is 12.3. The van der Waals surface area contributed by atoms with Crippen molar-refractivity contribution < 1.29 is 22.3 Å². The molecule has 0 radical (unpaired) electrons. The molecule has 11 heteroatoms. The van der Waals surface area contributed by atoms with Gasteiger partial charge in [-0.05, 0) is 18.9 Å². The second kappa shape index (κ2) is 9.10. The predicted octanol–water partition coefficient (Wildman–Crippen LogP) is 0.822. The van der Waals surface area contributed by atoms with E-state index in [-0.39, 0.29) is 24.6 Å². The van der Waals surface area contributed by atoms with E-state index in [1.165, 1.54) is 20.3 Å². The third-order valence-electron chi connectivity index (χ3n) is 3.89. The van der Waals surface area contributed by atoms with Crippen LogP contribution in [0.15, 0.2) is 18.3 Å². The zero-order valence-corrected chi connectivity index (χ0v) is 15.6. The molecule has 2 heterocycles. The average Bonchev–Trinajstić information content (AvgIpc) is 2.61. The first-order valence-corrected chi connectivity index (χ1v) is 9.66. The quantitative estimate of drug-likeness (QED) is 0.719. The lowest BCUT2D eigenvalue weighted by molar-refractivity contribution is 0.192. The Morgan fingerprint density at radius 1 is 1.38 bits per heavy atom. The van der Waals surface area contributed by atoms with Crippen LogP contribution in [0, 0.1) is 0 Å². The Kier molecular flexibility index (Phi) is 7.12. The van der Waals surface area contributed by atoms with Crippen molar-refractivity contribution in [2.75, 3.05) is 45.8 Å². The number of piperidine rings is 1. The Labute approximate surface area is 152 Å². The number of ether oxygens (including phenoxy) is 1. The van der Waals surface area contributed by atoms with E-state index in [1.54, 1.807) is 17.0 Å². The molecule has 1 saturated heterocycles. The highest BCUT2D eigenvalue weighted by Gasteiger charge is 2.26. The zero-order chi connectivity index (χ0) is 19.2. The Bertz CT molecular complexity index is 690. The number of carbonyl (C=O) groups is 1. The van der Waals surface area contributed by atoms with Crippen molar-refractivity contribution in [2.45, 2.75) is 18.9 Å². The summed E-state index contributed by atoms with van der Waals surface area (Å²) in [6.07, 6.45) is 2.51. The molecule has 1 aromatic rings. The monoisotopic (exact) mass is 389 g/mol. The van der Waals surface area contributed by atoms with E-state index in [9.17, 15) is 17.6 Å². The predicted molar refractivity (Wildman–Crippen MR) is 95.1 cm³/mol. The van der Waals surface area contributed by atoms with Gasteiger partial charge in [-0.1, -0.05) is 0 Å². The van der Waals surface area contributed by atoms with Crippen LogP contribution in [0.4, 0.5) is 14.9 Å². The van der Waals surface area contributed by atoms with E-state index in [0.29, 0.717) is 31.6 Å². The molecular formula is C15H24FN5O4S. The van der Waals surface area contributed by atoms with E-state index >= 15 is 0 Å². The first kappa shape index (κ1) is 20.3. The number of urea groups is 1. The number of alkyl halides is 1. The van der Waals surface area contributed by atoms with Gasteiger partial charge in [-0.3, -0.25) is 0 Å². The standard InChI is InChI=1S/C15H24FN5O4S/c1-20(2)26(23,24)19-12-5-8-21(9-6-12)15(22)18-13-3-4-14(17-11-13)25-10-7-16/h3-4,11-12,19H,5-10H2,1-2H3,(H,18,22). The molecule has 0 bridgehead atoms. The lowest BCUT2D eigenvalue weighted by Crippen LogP contribution is -2.49. The number of rotatable bonds is 7. The van der Waals surface area contributed by atoms with E-state index in [4.69, 9.17) is 4.74 Å². The van der Waals surface area contributed by atoms with Gasteiger partial charge in [-0.25, -0.2) is 14.2 Å². The molecule has 146 valence electrons. The molecule has 0 aromatic carbocycles. The summed E-state index contributed by atoms with van der Waals surface area (Å²) in [6.45, 7) is 0.223. The Balaban J connectivity index is 1.81. The van der Waals surface area contributed by atoms with Gasteiger partial charge >= 0.3 is 6.03 Å². The number of carbonyl (C=O) groups excluding carboxylic acids is 1. The van der Waals surface area contributed by atoms with Crippen molar-refractivity contribution >= 4 is 21.9 Å². The summed E-state index contributed by atoms with van der Waals surface area (Å²) in [5.41, 5.74) is 0.498. The molecular weight excluding hydrogens is 365 g/mol. The molecule has 1 fully saturated rings. The molecule has 0 spiro atoms. The summed E-state index contributed by atoms with van der Waals surface area (Å²) in [6, 6.07) is 2.70. The molecule has 26 heavy (non-hydrogen) atoms. The van der Waals surface area contributed by atoms with Gasteiger partial charge in [0.05, 0.1) is 11.9 Å². The summed E-state index contributed by atoms with van der Waals surface area (Å²) in [7, 11) is -0.544. The number of halogens is 1. The van der Waals surface area contributed by atoms with Crippen molar-refractivity contribution in [3.63, 3.8) is 0 Å². The highest BCUT2D eigenvalue weighted by Crippen LogP contribution is 2.15. The summed E-state index contributed by atoms with van der Waals surface area (Å²) in [5.74, 6) is 0.287. The average molecular weight is 389 g/mol. The van der Waals surface area contributed by atoms with Crippen molar-refractivity contribution in [3.8, 4) is 5.88 Å². The minimum atomic E-state index is -3.47. The summed E-state index contributed by atoms with van der Waals surface area (Å²) in [5, 5.41) is 2.72. The normalized spacial score (nSPS) is 15.9. The number of nitrogens with one attached hydrogen (secondary N) is 2. The maximum atomic E-state index is 12.3. The van der Waals surface area contributed by atoms with E-state index < -0.39 is 16.9 Å². The lowest BCUT2D eigenvalue weighted by Gasteiger charge is -2.32. The highest BCUT2D eigenvalue weighted by molar-refractivity contribution is 7.87. The van der Waals surface area contributed by atoms with Gasteiger partial charge in [0.1, 0.15) is 13.3 Å². The van der Waals surface area contributed by atoms with Gasteiger partial charge in [0.25, 0.3) is 10.2 Å². The molecule has 2 rings (SSSR count). The molecule has 0 aliphatic carbocycles. The van der Waals surface area contributed by atoms with E-state index in [2.05, 4.69) is 15.0 Å². The van der Waals surface area contributed by atoms with Crippen LogP contribution >= 0.6 is 0 Å². The second-order valence-electron chi connectivity index (χ2n) is 6.02. The van der Waals surface area contributed by atoms with Crippen LogP contribution in [-0.2, 0) is 10.2 Å². The molecule has 1 aliphatic heterocycles. The van der Waals surface area contributed by atoms with E-state index in [0.717, 1.165) is 4.31 Å². The van der Waals surface area contributed by atoms with Crippen LogP contribution < -0.4 is 14.8 Å². The fourth-order valence-electron chi connectivity index (χ4n) is 2.40. The van der Waals surface area contributed by atoms with Gasteiger partial charge in [0.15, 0.2) is 0 Å². The molecule has 0 unspecified atom stereocenters. The van der Waals surface area contributed by atoms with Gasteiger partial charge in [0, 0.05) is 39.3 Å². The number of aromatic nitrogens is 1. The Morgan fingerprint density at radius 3 is 2.62 bits per heavy atom. The van der Waals surface area contributed by atoms with Crippen LogP contribution in [-0.4, -0.2) is 75.1 Å². The molecule has 1 aliphatic rings. The van der Waals surface area contributed by atoms with Gasteiger partial charge in [-0.15, -0.1) is 0 Å². The number of pyridine rings is 1. The number of hydrogen-bond donors (Lipinski definition) is 2. The third kappa shape index (κ3) is 5.78. The second-order valence-corrected chi connectivity index (χ2v) is 7.94. The lowest BCUT2D eigenvalue weighted by atomic mass is 10.1. The molecule has 2 N–H and O–H groups in total. The molecule has 0 atom stereocenters. The van der Waals surface area contributed by atoms with Crippen molar-refractivity contribution in [1.29, 1.82) is 0 Å². The summed E-state index contributed by atoms with van der Waals surface area (Å²) >= 11 is 0. The number of nitrogens with zero attached hydrogens (tertiary/aromatic N) is 3. The number of hydrogen-bond acceptors (Lipinski definition) is 5. The topological polar surface area (TPSA) is 104 Å². The first-order chi connectivity index (χ1) is 12.3. The molecule has 0 saturated carbocycles. The number of likely N-dealkylation sites (tertiary alicyclic amines) is 1. The third-order valence-corrected chi connectivity index (χ3v) is 5.49. The zero-order valence-electron chi connectivity index (χ0n) is 14.8. The van der Waals surface area contributed by atoms with Crippen molar-refractivity contribution in [1.82, 2.24) is 18.9 Å². The first-order valence-electron chi connectivity index (χ1n) is 8.22. The Morgan fingerprint density at radius 2 is 2.08 bits per heavy atom. The summed E-state index contributed by atoms with van der Waals surface area (Å²) in [4.78, 5) is 17.9. The highest BCUT2D eigenvalue weighted by atomic mass is 32.2.